The number of hydrogen-bond donors (Lipinski definition) is 1. The molecule has 0 bridgehead atoms. The average Bonchev–Trinajstić information content (AvgIpc) is 2.90. The van der Waals surface area contributed by atoms with Crippen molar-refractivity contribution < 1.29 is 0 Å². The largest absolute Gasteiger partial charge is 0.324 e. The van der Waals surface area contributed by atoms with Crippen molar-refractivity contribution in [2.45, 2.75) is 18.9 Å². The average molecular weight is 267 g/mol. The van der Waals surface area contributed by atoms with Gasteiger partial charge in [0.1, 0.15) is 0 Å². The van der Waals surface area contributed by atoms with Crippen molar-refractivity contribution in [3.05, 3.63) is 54.1 Å². The molecule has 0 fully saturated rings. The molecule has 0 aliphatic carbocycles. The molecular weight excluding hydrogens is 250 g/mol. The monoisotopic (exact) mass is 267 g/mol. The van der Waals surface area contributed by atoms with Crippen LogP contribution in [0.2, 0.25) is 0 Å². The van der Waals surface area contributed by atoms with Crippen LogP contribution in [-0.4, -0.2) is 19.7 Å². The van der Waals surface area contributed by atoms with Gasteiger partial charge in [0.05, 0.1) is 17.2 Å². The highest BCUT2D eigenvalue weighted by molar-refractivity contribution is 5.77. The number of benzene rings is 1. The number of aromatic nitrogens is 4. The summed E-state index contributed by atoms with van der Waals surface area (Å²) < 4.78 is 1.81. The number of fused-ring (bicyclic) bond motifs is 1. The first kappa shape index (κ1) is 12.7. The van der Waals surface area contributed by atoms with Crippen LogP contribution in [0.4, 0.5) is 0 Å². The SMILES string of the molecule is Cn1cc(CCC(N)c2cccc3nccnc23)cn1. The van der Waals surface area contributed by atoms with Crippen molar-refractivity contribution in [3.8, 4) is 0 Å². The standard InChI is InChI=1S/C15H17N5/c1-20-10-11(9-19-20)5-6-13(16)12-3-2-4-14-15(12)18-8-7-17-14/h2-4,7-10,13H,5-6,16H2,1H3. The molecule has 1 atom stereocenters. The van der Waals surface area contributed by atoms with Crippen molar-refractivity contribution in [2.24, 2.45) is 12.8 Å². The fourth-order valence-corrected chi connectivity index (χ4v) is 2.39. The lowest BCUT2D eigenvalue weighted by molar-refractivity contribution is 0.654. The minimum absolute atomic E-state index is 0.0457. The molecule has 2 aromatic heterocycles. The van der Waals surface area contributed by atoms with Gasteiger partial charge in [-0.1, -0.05) is 12.1 Å². The van der Waals surface area contributed by atoms with Crippen molar-refractivity contribution >= 4 is 11.0 Å². The molecule has 0 radical (unpaired) electrons. The highest BCUT2D eigenvalue weighted by atomic mass is 15.2. The van der Waals surface area contributed by atoms with Gasteiger partial charge in [0.25, 0.3) is 0 Å². The summed E-state index contributed by atoms with van der Waals surface area (Å²) in [5.41, 5.74) is 10.4. The molecule has 2 N–H and O–H groups in total. The van der Waals surface area contributed by atoms with Gasteiger partial charge in [0, 0.05) is 31.7 Å². The van der Waals surface area contributed by atoms with E-state index in [4.69, 9.17) is 5.73 Å². The number of nitrogens with two attached hydrogens (primary N) is 1. The third kappa shape index (κ3) is 2.53. The van der Waals surface area contributed by atoms with Gasteiger partial charge in [-0.3, -0.25) is 14.6 Å². The Labute approximate surface area is 117 Å². The zero-order valence-electron chi connectivity index (χ0n) is 11.4. The highest BCUT2D eigenvalue weighted by Gasteiger charge is 2.11. The van der Waals surface area contributed by atoms with E-state index in [1.165, 1.54) is 5.56 Å². The molecule has 20 heavy (non-hydrogen) atoms. The predicted molar refractivity (Wildman–Crippen MR) is 78.0 cm³/mol. The summed E-state index contributed by atoms with van der Waals surface area (Å²) in [6.45, 7) is 0. The lowest BCUT2D eigenvalue weighted by Crippen LogP contribution is -2.12. The molecule has 0 aliphatic heterocycles. The Hall–Kier alpha value is -2.27. The van der Waals surface area contributed by atoms with E-state index in [-0.39, 0.29) is 6.04 Å². The smallest absolute Gasteiger partial charge is 0.0934 e. The Morgan fingerprint density at radius 2 is 2.10 bits per heavy atom. The summed E-state index contributed by atoms with van der Waals surface area (Å²) in [6.07, 6.45) is 9.09. The molecule has 0 aliphatic rings. The van der Waals surface area contributed by atoms with Gasteiger partial charge in [-0.25, -0.2) is 0 Å². The maximum atomic E-state index is 6.32. The van der Waals surface area contributed by atoms with Crippen LogP contribution in [0, 0.1) is 0 Å². The fraction of sp³-hybridized carbons (Fsp3) is 0.267. The van der Waals surface area contributed by atoms with Crippen LogP contribution < -0.4 is 5.73 Å². The van der Waals surface area contributed by atoms with E-state index in [1.807, 2.05) is 42.3 Å². The van der Waals surface area contributed by atoms with Gasteiger partial charge in [0.15, 0.2) is 0 Å². The number of nitrogens with zero attached hydrogens (tertiary/aromatic N) is 4. The molecule has 1 unspecified atom stereocenters. The van der Waals surface area contributed by atoms with Crippen LogP contribution in [0.5, 0.6) is 0 Å². The lowest BCUT2D eigenvalue weighted by atomic mass is 9.99. The van der Waals surface area contributed by atoms with E-state index < -0.39 is 0 Å². The van der Waals surface area contributed by atoms with E-state index in [2.05, 4.69) is 15.1 Å². The Balaban J connectivity index is 1.80. The van der Waals surface area contributed by atoms with Crippen LogP contribution in [0.15, 0.2) is 43.0 Å². The molecule has 0 saturated carbocycles. The van der Waals surface area contributed by atoms with Gasteiger partial charge >= 0.3 is 0 Å². The lowest BCUT2D eigenvalue weighted by Gasteiger charge is -2.13. The molecule has 0 spiro atoms. The summed E-state index contributed by atoms with van der Waals surface area (Å²) in [7, 11) is 1.92. The van der Waals surface area contributed by atoms with Gasteiger partial charge in [-0.05, 0) is 30.0 Å². The zero-order valence-corrected chi connectivity index (χ0v) is 11.4. The normalized spacial score (nSPS) is 12.7. The molecule has 1 aromatic carbocycles. The molecule has 5 heteroatoms. The quantitative estimate of drug-likeness (QED) is 0.785. The molecule has 0 amide bonds. The third-order valence-electron chi connectivity index (χ3n) is 3.43. The van der Waals surface area contributed by atoms with E-state index in [1.54, 1.807) is 12.4 Å². The van der Waals surface area contributed by atoms with Crippen LogP contribution >= 0.6 is 0 Å². The second kappa shape index (κ2) is 5.38. The molecule has 5 nitrogen and oxygen atoms in total. The first-order chi connectivity index (χ1) is 9.74. The summed E-state index contributed by atoms with van der Waals surface area (Å²) in [5.74, 6) is 0. The minimum Gasteiger partial charge on any atom is -0.324 e. The van der Waals surface area contributed by atoms with Crippen LogP contribution in [-0.2, 0) is 13.5 Å². The Morgan fingerprint density at radius 1 is 1.25 bits per heavy atom. The summed E-state index contributed by atoms with van der Waals surface area (Å²) >= 11 is 0. The Bertz CT molecular complexity index is 714. The Morgan fingerprint density at radius 3 is 2.90 bits per heavy atom. The Kier molecular flexibility index (Phi) is 3.43. The molecular formula is C15H17N5. The number of aryl methyl sites for hydroxylation is 2. The molecule has 102 valence electrons. The second-order valence-electron chi connectivity index (χ2n) is 4.94. The van der Waals surface area contributed by atoms with Crippen LogP contribution in [0.25, 0.3) is 11.0 Å². The number of rotatable bonds is 4. The van der Waals surface area contributed by atoms with Gasteiger partial charge in [-0.15, -0.1) is 0 Å². The van der Waals surface area contributed by atoms with Crippen molar-refractivity contribution in [1.82, 2.24) is 19.7 Å². The molecule has 3 aromatic rings. The maximum Gasteiger partial charge on any atom is 0.0934 e. The zero-order chi connectivity index (χ0) is 13.9. The van der Waals surface area contributed by atoms with E-state index in [0.717, 1.165) is 29.4 Å². The van der Waals surface area contributed by atoms with E-state index >= 15 is 0 Å². The number of para-hydroxylation sites is 1. The second-order valence-corrected chi connectivity index (χ2v) is 4.94. The van der Waals surface area contributed by atoms with E-state index in [0.29, 0.717) is 0 Å². The number of hydrogen-bond acceptors (Lipinski definition) is 4. The topological polar surface area (TPSA) is 69.6 Å². The fourth-order valence-electron chi connectivity index (χ4n) is 2.39. The third-order valence-corrected chi connectivity index (χ3v) is 3.43. The van der Waals surface area contributed by atoms with Crippen LogP contribution in [0.1, 0.15) is 23.6 Å². The first-order valence-electron chi connectivity index (χ1n) is 6.67. The van der Waals surface area contributed by atoms with Gasteiger partial charge in [-0.2, -0.15) is 5.10 Å². The van der Waals surface area contributed by atoms with Crippen molar-refractivity contribution in [2.75, 3.05) is 0 Å². The predicted octanol–water partition coefficient (Wildman–Crippen LogP) is 2.00. The van der Waals surface area contributed by atoms with Crippen LogP contribution in [0.3, 0.4) is 0 Å². The van der Waals surface area contributed by atoms with E-state index in [9.17, 15) is 0 Å². The minimum atomic E-state index is -0.0457. The summed E-state index contributed by atoms with van der Waals surface area (Å²) in [5, 5.41) is 4.17. The van der Waals surface area contributed by atoms with Crippen molar-refractivity contribution in [1.29, 1.82) is 0 Å². The molecule has 0 saturated heterocycles. The molecule has 2 heterocycles. The highest BCUT2D eigenvalue weighted by Crippen LogP contribution is 2.22. The van der Waals surface area contributed by atoms with Gasteiger partial charge in [0.2, 0.25) is 0 Å². The summed E-state index contributed by atoms with van der Waals surface area (Å²) in [4.78, 5) is 8.72. The maximum absolute atomic E-state index is 6.32. The molecule has 3 rings (SSSR count). The van der Waals surface area contributed by atoms with Crippen molar-refractivity contribution in [3.63, 3.8) is 0 Å². The summed E-state index contributed by atoms with van der Waals surface area (Å²) in [6, 6.07) is 5.93. The van der Waals surface area contributed by atoms with Gasteiger partial charge < -0.3 is 5.73 Å². The first-order valence-corrected chi connectivity index (χ1v) is 6.67.